The van der Waals surface area contributed by atoms with E-state index in [1.54, 1.807) is 0 Å². The van der Waals surface area contributed by atoms with Crippen LogP contribution in [0.2, 0.25) is 0 Å². The number of nitrogen functional groups attached to an aromatic ring is 1. The van der Waals surface area contributed by atoms with Gasteiger partial charge in [0.25, 0.3) is 0 Å². The summed E-state index contributed by atoms with van der Waals surface area (Å²) in [6.07, 6.45) is 10.3. The van der Waals surface area contributed by atoms with Gasteiger partial charge in [-0.2, -0.15) is 4.98 Å². The van der Waals surface area contributed by atoms with E-state index in [0.717, 1.165) is 68.1 Å². The van der Waals surface area contributed by atoms with Gasteiger partial charge in [0.1, 0.15) is 5.82 Å². The van der Waals surface area contributed by atoms with E-state index in [1.807, 2.05) is 13.0 Å². The summed E-state index contributed by atoms with van der Waals surface area (Å²) in [6.45, 7) is 13.3. The Bertz CT molecular complexity index is 660. The van der Waals surface area contributed by atoms with Crippen molar-refractivity contribution in [3.05, 3.63) is 47.3 Å². The molecule has 0 amide bonds. The topological polar surface area (TPSA) is 67.1 Å². The van der Waals surface area contributed by atoms with Crippen molar-refractivity contribution in [1.29, 1.82) is 0 Å². The summed E-state index contributed by atoms with van der Waals surface area (Å²) in [5, 5.41) is 3.43. The molecular formula is C20H31N5. The van der Waals surface area contributed by atoms with Crippen LogP contribution in [0.25, 0.3) is 0 Å². The first-order valence-corrected chi connectivity index (χ1v) is 9.15. The summed E-state index contributed by atoms with van der Waals surface area (Å²) in [6, 6.07) is 0. The Morgan fingerprint density at radius 3 is 2.92 bits per heavy atom. The number of hydrogen-bond acceptors (Lipinski definition) is 5. The molecule has 136 valence electrons. The Balaban J connectivity index is 2.11. The molecule has 1 aromatic heterocycles. The van der Waals surface area contributed by atoms with Crippen LogP contribution in [0.1, 0.15) is 51.3 Å². The molecule has 0 bridgehead atoms. The van der Waals surface area contributed by atoms with E-state index in [-0.39, 0.29) is 0 Å². The summed E-state index contributed by atoms with van der Waals surface area (Å²) < 4.78 is 0. The van der Waals surface area contributed by atoms with Crippen LogP contribution in [0.5, 0.6) is 0 Å². The maximum Gasteiger partial charge on any atom is 0.222 e. The molecule has 0 saturated heterocycles. The van der Waals surface area contributed by atoms with Gasteiger partial charge in [-0.25, -0.2) is 4.98 Å². The first-order chi connectivity index (χ1) is 12.0. The second kappa shape index (κ2) is 9.25. The number of nitrogens with zero attached hydrogens (tertiary/aromatic N) is 3. The van der Waals surface area contributed by atoms with Crippen molar-refractivity contribution in [1.82, 2.24) is 14.9 Å². The minimum absolute atomic E-state index is 0.357. The molecule has 0 aromatic carbocycles. The highest BCUT2D eigenvalue weighted by Crippen LogP contribution is 2.28. The van der Waals surface area contributed by atoms with Crippen molar-refractivity contribution in [3.8, 4) is 0 Å². The second-order valence-corrected chi connectivity index (χ2v) is 6.59. The summed E-state index contributed by atoms with van der Waals surface area (Å²) in [5.74, 6) is 1.24. The number of unbranched alkanes of at least 4 members (excludes halogenated alkanes) is 1. The van der Waals surface area contributed by atoms with Gasteiger partial charge < -0.3 is 16.0 Å². The number of nitrogens with two attached hydrogens (primary N) is 1. The van der Waals surface area contributed by atoms with Crippen LogP contribution in [0, 0.1) is 0 Å². The molecule has 1 aromatic rings. The SMILES string of the molecule is C=C(C/C(C)=C/C=C\C)N1CCc2nc(N)nc(NCCCC)c2C1. The van der Waals surface area contributed by atoms with Crippen molar-refractivity contribution in [2.75, 3.05) is 24.1 Å². The first kappa shape index (κ1) is 19.0. The maximum atomic E-state index is 5.89. The number of fused-ring (bicyclic) bond motifs is 1. The largest absolute Gasteiger partial charge is 0.370 e. The number of aromatic nitrogens is 2. The molecule has 0 fully saturated rings. The number of nitrogens with one attached hydrogen (secondary N) is 1. The van der Waals surface area contributed by atoms with E-state index in [2.05, 4.69) is 52.8 Å². The quantitative estimate of drug-likeness (QED) is 0.551. The van der Waals surface area contributed by atoms with Crippen molar-refractivity contribution in [2.45, 2.75) is 53.0 Å². The fourth-order valence-corrected chi connectivity index (χ4v) is 2.99. The van der Waals surface area contributed by atoms with E-state index in [0.29, 0.717) is 5.95 Å². The van der Waals surface area contributed by atoms with E-state index in [4.69, 9.17) is 5.73 Å². The third-order valence-electron chi connectivity index (χ3n) is 4.40. The highest BCUT2D eigenvalue weighted by Gasteiger charge is 2.22. The summed E-state index contributed by atoms with van der Waals surface area (Å²) in [7, 11) is 0. The van der Waals surface area contributed by atoms with Crippen LogP contribution in [-0.2, 0) is 13.0 Å². The molecule has 0 unspecified atom stereocenters. The Labute approximate surface area is 151 Å². The van der Waals surface area contributed by atoms with Gasteiger partial charge in [0.2, 0.25) is 5.95 Å². The molecule has 3 N–H and O–H groups in total. The van der Waals surface area contributed by atoms with Crippen molar-refractivity contribution in [2.24, 2.45) is 0 Å². The zero-order valence-corrected chi connectivity index (χ0v) is 15.8. The van der Waals surface area contributed by atoms with Gasteiger partial charge in [0.05, 0.1) is 5.69 Å². The third kappa shape index (κ3) is 5.34. The lowest BCUT2D eigenvalue weighted by molar-refractivity contribution is 0.314. The van der Waals surface area contributed by atoms with Crippen LogP contribution in [0.15, 0.2) is 36.1 Å². The minimum Gasteiger partial charge on any atom is -0.370 e. The lowest BCUT2D eigenvalue weighted by atomic mass is 10.0. The number of anilines is 2. The number of allylic oxidation sites excluding steroid dienone is 4. The Kier molecular flexibility index (Phi) is 7.04. The summed E-state index contributed by atoms with van der Waals surface area (Å²) in [5.41, 5.74) is 10.6. The van der Waals surface area contributed by atoms with E-state index < -0.39 is 0 Å². The third-order valence-corrected chi connectivity index (χ3v) is 4.40. The molecule has 2 rings (SSSR count). The lowest BCUT2D eigenvalue weighted by Gasteiger charge is -2.32. The normalized spacial score (nSPS) is 14.7. The molecule has 0 spiro atoms. The van der Waals surface area contributed by atoms with Crippen molar-refractivity contribution in [3.63, 3.8) is 0 Å². The van der Waals surface area contributed by atoms with Crippen LogP contribution in [0.4, 0.5) is 11.8 Å². The molecule has 5 heteroatoms. The molecule has 2 heterocycles. The first-order valence-electron chi connectivity index (χ1n) is 9.15. The van der Waals surface area contributed by atoms with Gasteiger partial charge in [-0.3, -0.25) is 0 Å². The van der Waals surface area contributed by atoms with E-state index in [9.17, 15) is 0 Å². The molecule has 5 nitrogen and oxygen atoms in total. The molecular weight excluding hydrogens is 310 g/mol. The molecule has 0 saturated carbocycles. The average Bonchev–Trinajstić information content (AvgIpc) is 2.59. The molecule has 0 atom stereocenters. The van der Waals surface area contributed by atoms with Gasteiger partial charge in [-0.15, -0.1) is 0 Å². The molecule has 1 aliphatic heterocycles. The monoisotopic (exact) mass is 341 g/mol. The zero-order chi connectivity index (χ0) is 18.2. The maximum absolute atomic E-state index is 5.89. The number of rotatable bonds is 8. The second-order valence-electron chi connectivity index (χ2n) is 6.59. The van der Waals surface area contributed by atoms with Crippen LogP contribution >= 0.6 is 0 Å². The van der Waals surface area contributed by atoms with E-state index in [1.165, 1.54) is 5.57 Å². The Hall–Kier alpha value is -2.30. The van der Waals surface area contributed by atoms with Crippen LogP contribution in [0.3, 0.4) is 0 Å². The highest BCUT2D eigenvalue weighted by molar-refractivity contribution is 5.50. The minimum atomic E-state index is 0.357. The Morgan fingerprint density at radius 2 is 2.20 bits per heavy atom. The zero-order valence-electron chi connectivity index (χ0n) is 15.8. The van der Waals surface area contributed by atoms with Crippen molar-refractivity contribution < 1.29 is 0 Å². The summed E-state index contributed by atoms with van der Waals surface area (Å²) in [4.78, 5) is 11.2. The molecule has 0 aliphatic carbocycles. The van der Waals surface area contributed by atoms with Gasteiger partial charge in [-0.05, 0) is 20.3 Å². The van der Waals surface area contributed by atoms with Gasteiger partial charge >= 0.3 is 0 Å². The van der Waals surface area contributed by atoms with Gasteiger partial charge in [0.15, 0.2) is 0 Å². The van der Waals surface area contributed by atoms with E-state index >= 15 is 0 Å². The summed E-state index contributed by atoms with van der Waals surface area (Å²) >= 11 is 0. The predicted molar refractivity (Wildman–Crippen MR) is 106 cm³/mol. The molecule has 0 radical (unpaired) electrons. The smallest absolute Gasteiger partial charge is 0.222 e. The van der Waals surface area contributed by atoms with Crippen molar-refractivity contribution >= 4 is 11.8 Å². The predicted octanol–water partition coefficient (Wildman–Crippen LogP) is 4.06. The van der Waals surface area contributed by atoms with Crippen LogP contribution in [-0.4, -0.2) is 28.0 Å². The fraction of sp³-hybridized carbons (Fsp3) is 0.500. The number of hydrogen-bond donors (Lipinski definition) is 2. The fourth-order valence-electron chi connectivity index (χ4n) is 2.99. The lowest BCUT2D eigenvalue weighted by Crippen LogP contribution is -2.31. The van der Waals surface area contributed by atoms with Gasteiger partial charge in [0, 0.05) is 43.7 Å². The highest BCUT2D eigenvalue weighted by atomic mass is 15.2. The average molecular weight is 342 g/mol. The molecule has 1 aliphatic rings. The molecule has 25 heavy (non-hydrogen) atoms. The van der Waals surface area contributed by atoms with Gasteiger partial charge in [-0.1, -0.05) is 43.7 Å². The Morgan fingerprint density at radius 1 is 1.40 bits per heavy atom. The standard InChI is InChI=1S/C20H31N5/c1-5-7-9-15(3)13-16(4)25-12-10-18-17(14-25)19(22-11-8-6-2)24-20(21)23-18/h5,7,9H,4,6,8,10-14H2,1-3H3,(H3,21,22,23,24)/b7-5-,15-9+. The van der Waals surface area contributed by atoms with Crippen LogP contribution < -0.4 is 11.1 Å².